The van der Waals surface area contributed by atoms with Gasteiger partial charge in [-0.25, -0.2) is 0 Å². The first-order valence-corrected chi connectivity index (χ1v) is 9.90. The summed E-state index contributed by atoms with van der Waals surface area (Å²) in [6.07, 6.45) is 1.61. The number of hydrogen-bond acceptors (Lipinski definition) is 3. The summed E-state index contributed by atoms with van der Waals surface area (Å²) < 4.78 is 0. The minimum atomic E-state index is -0.188. The monoisotopic (exact) mass is 393 g/mol. The van der Waals surface area contributed by atoms with Crippen molar-refractivity contribution in [2.75, 3.05) is 27.2 Å². The minimum absolute atomic E-state index is 0.0180. The van der Waals surface area contributed by atoms with Gasteiger partial charge in [0.05, 0.1) is 5.92 Å². The summed E-state index contributed by atoms with van der Waals surface area (Å²) in [5.74, 6) is -0.292. The zero-order valence-corrected chi connectivity index (χ0v) is 16.9. The molecule has 0 aliphatic carbocycles. The van der Waals surface area contributed by atoms with Crippen molar-refractivity contribution in [1.82, 2.24) is 15.1 Å². The van der Waals surface area contributed by atoms with Gasteiger partial charge in [0, 0.05) is 44.9 Å². The Morgan fingerprint density at radius 1 is 1.03 bits per heavy atom. The van der Waals surface area contributed by atoms with E-state index in [-0.39, 0.29) is 23.6 Å². The topological polar surface area (TPSA) is 69.7 Å². The number of carbonyl (C=O) groups is 3. The van der Waals surface area contributed by atoms with Crippen LogP contribution in [0.25, 0.3) is 0 Å². The van der Waals surface area contributed by atoms with E-state index >= 15 is 0 Å². The highest BCUT2D eigenvalue weighted by molar-refractivity contribution is 5.95. The first-order chi connectivity index (χ1) is 14.0. The number of piperidine rings is 1. The van der Waals surface area contributed by atoms with Crippen molar-refractivity contribution >= 4 is 17.7 Å². The molecule has 1 saturated heterocycles. The van der Waals surface area contributed by atoms with Crippen LogP contribution in [0.4, 0.5) is 0 Å². The summed E-state index contributed by atoms with van der Waals surface area (Å²) in [6, 6.07) is 16.4. The summed E-state index contributed by atoms with van der Waals surface area (Å²) in [7, 11) is 3.38. The number of amides is 3. The molecule has 0 saturated carbocycles. The van der Waals surface area contributed by atoms with E-state index < -0.39 is 0 Å². The van der Waals surface area contributed by atoms with Crippen molar-refractivity contribution < 1.29 is 14.4 Å². The Balaban J connectivity index is 1.60. The summed E-state index contributed by atoms with van der Waals surface area (Å²) in [6.45, 7) is 1.60. The van der Waals surface area contributed by atoms with Crippen LogP contribution < -0.4 is 5.32 Å². The van der Waals surface area contributed by atoms with Gasteiger partial charge in [0.1, 0.15) is 0 Å². The maximum atomic E-state index is 13.0. The molecule has 1 aliphatic rings. The second kappa shape index (κ2) is 9.37. The maximum absolute atomic E-state index is 13.0. The molecule has 2 aromatic rings. The molecule has 3 rings (SSSR count). The molecule has 0 aromatic heterocycles. The lowest BCUT2D eigenvalue weighted by Crippen LogP contribution is -2.45. The van der Waals surface area contributed by atoms with E-state index in [1.807, 2.05) is 42.5 Å². The van der Waals surface area contributed by atoms with Crippen LogP contribution in [0.15, 0.2) is 54.6 Å². The van der Waals surface area contributed by atoms with E-state index in [0.717, 1.165) is 18.4 Å². The fourth-order valence-corrected chi connectivity index (χ4v) is 3.70. The molecule has 152 valence electrons. The van der Waals surface area contributed by atoms with Crippen LogP contribution in [-0.2, 0) is 11.3 Å². The van der Waals surface area contributed by atoms with Gasteiger partial charge in [-0.2, -0.15) is 0 Å². The molecule has 1 fully saturated rings. The van der Waals surface area contributed by atoms with Crippen molar-refractivity contribution in [1.29, 1.82) is 0 Å². The summed E-state index contributed by atoms with van der Waals surface area (Å²) in [5, 5.41) is 2.59. The molecular formula is C23H27N3O3. The third kappa shape index (κ3) is 5.02. The van der Waals surface area contributed by atoms with Gasteiger partial charge in [-0.05, 0) is 42.7 Å². The number of nitrogens with zero attached hydrogens (tertiary/aromatic N) is 2. The lowest BCUT2D eigenvalue weighted by Gasteiger charge is -2.34. The van der Waals surface area contributed by atoms with Gasteiger partial charge in [-0.3, -0.25) is 14.4 Å². The Bertz CT molecular complexity index is 865. The molecule has 3 amide bonds. The van der Waals surface area contributed by atoms with Crippen LogP contribution in [0, 0.1) is 5.92 Å². The fraction of sp³-hybridized carbons (Fsp3) is 0.348. The first kappa shape index (κ1) is 20.6. The molecule has 0 bridgehead atoms. The predicted molar refractivity (Wildman–Crippen MR) is 111 cm³/mol. The molecule has 29 heavy (non-hydrogen) atoms. The van der Waals surface area contributed by atoms with E-state index in [1.165, 1.54) is 0 Å². The number of rotatable bonds is 5. The first-order valence-electron chi connectivity index (χ1n) is 9.90. The number of nitrogens with one attached hydrogen (secondary N) is 1. The highest BCUT2D eigenvalue weighted by atomic mass is 16.2. The molecule has 6 heteroatoms. The lowest BCUT2D eigenvalue weighted by molar-refractivity contribution is -0.136. The predicted octanol–water partition coefficient (Wildman–Crippen LogP) is 2.56. The van der Waals surface area contributed by atoms with Gasteiger partial charge in [-0.1, -0.05) is 30.3 Å². The second-order valence-electron chi connectivity index (χ2n) is 7.43. The van der Waals surface area contributed by atoms with Gasteiger partial charge in [0.25, 0.3) is 11.8 Å². The van der Waals surface area contributed by atoms with Crippen LogP contribution in [0.2, 0.25) is 0 Å². The van der Waals surface area contributed by atoms with Crippen LogP contribution in [-0.4, -0.2) is 54.7 Å². The molecule has 1 N–H and O–H groups in total. The van der Waals surface area contributed by atoms with Crippen molar-refractivity contribution in [3.63, 3.8) is 0 Å². The van der Waals surface area contributed by atoms with Crippen molar-refractivity contribution in [3.05, 3.63) is 71.3 Å². The zero-order chi connectivity index (χ0) is 20.8. The van der Waals surface area contributed by atoms with Crippen LogP contribution in [0.5, 0.6) is 0 Å². The van der Waals surface area contributed by atoms with E-state index in [1.54, 1.807) is 36.0 Å². The highest BCUT2D eigenvalue weighted by Gasteiger charge is 2.30. The molecule has 1 unspecified atom stereocenters. The van der Waals surface area contributed by atoms with E-state index in [9.17, 15) is 14.4 Å². The largest absolute Gasteiger partial charge is 0.355 e. The van der Waals surface area contributed by atoms with Crippen LogP contribution in [0.3, 0.4) is 0 Å². The quantitative estimate of drug-likeness (QED) is 0.849. The minimum Gasteiger partial charge on any atom is -0.355 e. The van der Waals surface area contributed by atoms with Crippen molar-refractivity contribution in [2.45, 2.75) is 19.4 Å². The molecule has 1 aliphatic heterocycles. The smallest absolute Gasteiger partial charge is 0.253 e. The van der Waals surface area contributed by atoms with Gasteiger partial charge in [0.2, 0.25) is 5.91 Å². The zero-order valence-electron chi connectivity index (χ0n) is 16.9. The molecule has 0 spiro atoms. The average molecular weight is 393 g/mol. The van der Waals surface area contributed by atoms with Gasteiger partial charge in [0.15, 0.2) is 0 Å². The number of benzene rings is 2. The maximum Gasteiger partial charge on any atom is 0.253 e. The molecular weight excluding hydrogens is 366 g/mol. The molecule has 6 nitrogen and oxygen atoms in total. The molecule has 1 atom stereocenters. The number of hydrogen-bond donors (Lipinski definition) is 1. The molecule has 0 radical (unpaired) electrons. The Morgan fingerprint density at radius 3 is 2.38 bits per heavy atom. The molecule has 2 aromatic carbocycles. The van der Waals surface area contributed by atoms with Crippen LogP contribution >= 0.6 is 0 Å². The Kier molecular flexibility index (Phi) is 6.65. The van der Waals surface area contributed by atoms with Gasteiger partial charge in [-0.15, -0.1) is 0 Å². The number of likely N-dealkylation sites (tertiary alicyclic amines) is 1. The van der Waals surface area contributed by atoms with Crippen LogP contribution in [0.1, 0.15) is 39.1 Å². The van der Waals surface area contributed by atoms with Crippen molar-refractivity contribution in [3.8, 4) is 0 Å². The summed E-state index contributed by atoms with van der Waals surface area (Å²) >= 11 is 0. The lowest BCUT2D eigenvalue weighted by atomic mass is 9.95. The third-order valence-corrected chi connectivity index (χ3v) is 5.32. The normalized spacial score (nSPS) is 16.2. The SMILES string of the molecule is CNC(=O)c1ccc(CN(C)C(=O)C2CCCN(C(=O)c3ccccc3)C2)cc1. The Morgan fingerprint density at radius 2 is 1.72 bits per heavy atom. The number of carbonyl (C=O) groups excluding carboxylic acids is 3. The standard InChI is InChI=1S/C23H27N3O3/c1-24-21(27)18-12-10-17(11-13-18)15-25(2)22(28)20-9-6-14-26(16-20)23(29)19-7-4-3-5-8-19/h3-5,7-8,10-13,20H,6,9,14-16H2,1-2H3,(H,24,27). The van der Waals surface area contributed by atoms with E-state index in [2.05, 4.69) is 5.32 Å². The Hall–Kier alpha value is -3.15. The van der Waals surface area contributed by atoms with E-state index in [0.29, 0.717) is 30.8 Å². The summed E-state index contributed by atoms with van der Waals surface area (Å²) in [5.41, 5.74) is 2.21. The van der Waals surface area contributed by atoms with Gasteiger partial charge >= 0.3 is 0 Å². The summed E-state index contributed by atoms with van der Waals surface area (Å²) in [4.78, 5) is 40.8. The highest BCUT2D eigenvalue weighted by Crippen LogP contribution is 2.21. The Labute approximate surface area is 171 Å². The fourth-order valence-electron chi connectivity index (χ4n) is 3.70. The third-order valence-electron chi connectivity index (χ3n) is 5.32. The van der Waals surface area contributed by atoms with Gasteiger partial charge < -0.3 is 15.1 Å². The average Bonchev–Trinajstić information content (AvgIpc) is 2.78. The molecule has 1 heterocycles. The second-order valence-corrected chi connectivity index (χ2v) is 7.43. The van der Waals surface area contributed by atoms with Crippen molar-refractivity contribution in [2.24, 2.45) is 5.92 Å². The van der Waals surface area contributed by atoms with E-state index in [4.69, 9.17) is 0 Å².